The van der Waals surface area contributed by atoms with Crippen LogP contribution >= 0.6 is 0 Å². The topological polar surface area (TPSA) is 109 Å². The van der Waals surface area contributed by atoms with Crippen LogP contribution in [0.25, 0.3) is 0 Å². The Hall–Kier alpha value is -1.38. The van der Waals surface area contributed by atoms with Gasteiger partial charge in [-0.15, -0.1) is 0 Å². The average molecular weight is 290 g/mol. The maximum absolute atomic E-state index is 11.9. The van der Waals surface area contributed by atoms with Crippen LogP contribution in [-0.2, 0) is 16.6 Å². The zero-order valence-corrected chi connectivity index (χ0v) is 11.6. The first-order valence-corrected chi connectivity index (χ1v) is 7.37. The summed E-state index contributed by atoms with van der Waals surface area (Å²) >= 11 is 0. The molecule has 0 aliphatic rings. The fourth-order valence-corrected chi connectivity index (χ4v) is 2.71. The van der Waals surface area contributed by atoms with Gasteiger partial charge in [-0.2, -0.15) is 0 Å². The summed E-state index contributed by atoms with van der Waals surface area (Å²) < 4.78 is 27.4. The standard InChI is InChI=1S/C11H18N2O5S/c1-3-4-13-7-9(5-10(13)11(15)16)19(17,18)12-6-8(2)14/h5,7-8,12,14H,3-4,6H2,1-2H3,(H,15,16). The summed E-state index contributed by atoms with van der Waals surface area (Å²) in [5.74, 6) is -1.18. The van der Waals surface area contributed by atoms with E-state index in [0.29, 0.717) is 13.0 Å². The van der Waals surface area contributed by atoms with Crippen molar-refractivity contribution in [3.05, 3.63) is 18.0 Å². The Balaban J connectivity index is 3.07. The van der Waals surface area contributed by atoms with Gasteiger partial charge in [0.25, 0.3) is 0 Å². The molecule has 108 valence electrons. The molecule has 1 unspecified atom stereocenters. The number of hydrogen-bond acceptors (Lipinski definition) is 4. The van der Waals surface area contributed by atoms with Crippen LogP contribution < -0.4 is 4.72 Å². The zero-order valence-electron chi connectivity index (χ0n) is 10.8. The van der Waals surface area contributed by atoms with Crippen LogP contribution in [0.2, 0.25) is 0 Å². The Morgan fingerprint density at radius 2 is 2.16 bits per heavy atom. The molecule has 0 spiro atoms. The molecule has 1 heterocycles. The van der Waals surface area contributed by atoms with E-state index >= 15 is 0 Å². The molecule has 3 N–H and O–H groups in total. The molecule has 19 heavy (non-hydrogen) atoms. The van der Waals surface area contributed by atoms with Crippen molar-refractivity contribution in [3.8, 4) is 0 Å². The van der Waals surface area contributed by atoms with Crippen molar-refractivity contribution in [1.29, 1.82) is 0 Å². The second-order valence-electron chi connectivity index (χ2n) is 4.26. The molecule has 0 aromatic carbocycles. The number of nitrogens with zero attached hydrogens (tertiary/aromatic N) is 1. The number of aliphatic hydroxyl groups excluding tert-OH is 1. The van der Waals surface area contributed by atoms with Gasteiger partial charge in [0.1, 0.15) is 10.6 Å². The van der Waals surface area contributed by atoms with Gasteiger partial charge in [0, 0.05) is 19.3 Å². The quantitative estimate of drug-likeness (QED) is 0.667. The molecule has 0 aliphatic carbocycles. The lowest BCUT2D eigenvalue weighted by molar-refractivity contribution is 0.0685. The van der Waals surface area contributed by atoms with Gasteiger partial charge < -0.3 is 14.8 Å². The molecule has 1 aromatic heterocycles. The van der Waals surface area contributed by atoms with Gasteiger partial charge in [0.15, 0.2) is 0 Å². The van der Waals surface area contributed by atoms with E-state index in [2.05, 4.69) is 4.72 Å². The number of aryl methyl sites for hydroxylation is 1. The number of rotatable bonds is 7. The Bertz CT molecular complexity index is 547. The maximum atomic E-state index is 11.9. The van der Waals surface area contributed by atoms with Gasteiger partial charge in [-0.1, -0.05) is 6.92 Å². The highest BCUT2D eigenvalue weighted by Crippen LogP contribution is 2.15. The minimum Gasteiger partial charge on any atom is -0.477 e. The van der Waals surface area contributed by atoms with Crippen molar-refractivity contribution in [1.82, 2.24) is 9.29 Å². The number of carboxylic acids is 1. The van der Waals surface area contributed by atoms with Crippen LogP contribution in [0.3, 0.4) is 0 Å². The van der Waals surface area contributed by atoms with Gasteiger partial charge in [0.2, 0.25) is 10.0 Å². The van der Waals surface area contributed by atoms with Crippen LogP contribution in [0.15, 0.2) is 17.2 Å². The zero-order chi connectivity index (χ0) is 14.6. The summed E-state index contributed by atoms with van der Waals surface area (Å²) in [6, 6.07) is 1.11. The molecular weight excluding hydrogens is 272 g/mol. The lowest BCUT2D eigenvalue weighted by atomic mass is 10.4. The second kappa shape index (κ2) is 6.18. The molecule has 0 amide bonds. The molecule has 0 radical (unpaired) electrons. The number of aromatic carboxylic acids is 1. The van der Waals surface area contributed by atoms with Crippen LogP contribution in [0.1, 0.15) is 30.8 Å². The maximum Gasteiger partial charge on any atom is 0.352 e. The Morgan fingerprint density at radius 3 is 2.63 bits per heavy atom. The van der Waals surface area contributed by atoms with E-state index in [4.69, 9.17) is 10.2 Å². The van der Waals surface area contributed by atoms with Gasteiger partial charge in [-0.25, -0.2) is 17.9 Å². The number of nitrogens with one attached hydrogen (secondary N) is 1. The number of aliphatic hydroxyl groups is 1. The van der Waals surface area contributed by atoms with E-state index in [-0.39, 0.29) is 17.1 Å². The minimum absolute atomic E-state index is 0.0701. The molecule has 1 rings (SSSR count). The van der Waals surface area contributed by atoms with Crippen molar-refractivity contribution in [2.24, 2.45) is 0 Å². The van der Waals surface area contributed by atoms with Crippen molar-refractivity contribution in [3.63, 3.8) is 0 Å². The summed E-state index contributed by atoms with van der Waals surface area (Å²) in [4.78, 5) is 10.9. The molecular formula is C11H18N2O5S. The Kier molecular flexibility index (Phi) is 5.10. The highest BCUT2D eigenvalue weighted by atomic mass is 32.2. The van der Waals surface area contributed by atoms with Crippen molar-refractivity contribution < 1.29 is 23.4 Å². The lowest BCUT2D eigenvalue weighted by Crippen LogP contribution is -2.30. The minimum atomic E-state index is -3.80. The van der Waals surface area contributed by atoms with Crippen LogP contribution in [-0.4, -0.2) is 41.8 Å². The van der Waals surface area contributed by atoms with Crippen LogP contribution in [0, 0.1) is 0 Å². The molecule has 0 saturated carbocycles. The summed E-state index contributed by atoms with van der Waals surface area (Å²) in [6.45, 7) is 3.62. The second-order valence-corrected chi connectivity index (χ2v) is 6.03. The van der Waals surface area contributed by atoms with Crippen molar-refractivity contribution in [2.45, 2.75) is 37.8 Å². The number of hydrogen-bond donors (Lipinski definition) is 3. The van der Waals surface area contributed by atoms with E-state index in [1.54, 1.807) is 0 Å². The average Bonchev–Trinajstić information content (AvgIpc) is 2.72. The van der Waals surface area contributed by atoms with Crippen LogP contribution in [0.5, 0.6) is 0 Å². The van der Waals surface area contributed by atoms with E-state index in [1.165, 1.54) is 17.7 Å². The summed E-state index contributed by atoms with van der Waals surface area (Å²) in [6.07, 6.45) is 1.17. The van der Waals surface area contributed by atoms with E-state index in [9.17, 15) is 13.2 Å². The van der Waals surface area contributed by atoms with Gasteiger partial charge in [-0.3, -0.25) is 0 Å². The first-order chi connectivity index (χ1) is 8.77. The molecule has 0 fully saturated rings. The largest absolute Gasteiger partial charge is 0.477 e. The summed E-state index contributed by atoms with van der Waals surface area (Å²) in [5.41, 5.74) is -0.0701. The first-order valence-electron chi connectivity index (χ1n) is 5.89. The SMILES string of the molecule is CCCn1cc(S(=O)(=O)NCC(C)O)cc1C(=O)O. The highest BCUT2D eigenvalue weighted by Gasteiger charge is 2.21. The monoisotopic (exact) mass is 290 g/mol. The molecule has 7 nitrogen and oxygen atoms in total. The molecule has 1 atom stereocenters. The third-order valence-corrected chi connectivity index (χ3v) is 3.82. The molecule has 8 heteroatoms. The third kappa shape index (κ3) is 4.05. The fraction of sp³-hybridized carbons (Fsp3) is 0.545. The molecule has 1 aromatic rings. The van der Waals surface area contributed by atoms with Gasteiger partial charge in [0.05, 0.1) is 6.10 Å². The summed E-state index contributed by atoms with van der Waals surface area (Å²) in [5, 5.41) is 18.1. The normalized spacial score (nSPS) is 13.4. The Labute approximate surface area is 111 Å². The summed E-state index contributed by atoms with van der Waals surface area (Å²) in [7, 11) is -3.80. The molecule has 0 aliphatic heterocycles. The predicted molar refractivity (Wildman–Crippen MR) is 68.6 cm³/mol. The van der Waals surface area contributed by atoms with E-state index in [1.807, 2.05) is 6.92 Å². The molecule has 0 bridgehead atoms. The third-order valence-electron chi connectivity index (χ3n) is 2.43. The van der Waals surface area contributed by atoms with Crippen molar-refractivity contribution >= 4 is 16.0 Å². The predicted octanol–water partition coefficient (Wildman–Crippen LogP) is 0.255. The van der Waals surface area contributed by atoms with Crippen molar-refractivity contribution in [2.75, 3.05) is 6.54 Å². The number of sulfonamides is 1. The molecule has 0 saturated heterocycles. The number of aromatic nitrogens is 1. The fourth-order valence-electron chi connectivity index (χ4n) is 1.55. The number of carbonyl (C=O) groups is 1. The van der Waals surface area contributed by atoms with E-state index < -0.39 is 22.1 Å². The van der Waals surface area contributed by atoms with Crippen LogP contribution in [0.4, 0.5) is 0 Å². The van der Waals surface area contributed by atoms with E-state index in [0.717, 1.165) is 6.07 Å². The Morgan fingerprint density at radius 1 is 1.53 bits per heavy atom. The van der Waals surface area contributed by atoms with Gasteiger partial charge in [-0.05, 0) is 19.4 Å². The van der Waals surface area contributed by atoms with Gasteiger partial charge >= 0.3 is 5.97 Å². The number of carboxylic acid groups (broad SMARTS) is 1. The highest BCUT2D eigenvalue weighted by molar-refractivity contribution is 7.89. The smallest absolute Gasteiger partial charge is 0.352 e. The lowest BCUT2D eigenvalue weighted by Gasteiger charge is -2.06. The first kappa shape index (κ1) is 15.7.